The number of halogens is 3. The molecule has 21 heavy (non-hydrogen) atoms. The fraction of sp³-hybridized carbons (Fsp3) is 0.200. The summed E-state index contributed by atoms with van der Waals surface area (Å²) in [6.45, 7) is 3.88. The Morgan fingerprint density at radius 1 is 1.00 bits per heavy atom. The fourth-order valence-corrected chi connectivity index (χ4v) is 2.53. The van der Waals surface area contributed by atoms with Gasteiger partial charge in [-0.2, -0.15) is 0 Å². The van der Waals surface area contributed by atoms with Crippen LogP contribution in [-0.2, 0) is 0 Å². The summed E-state index contributed by atoms with van der Waals surface area (Å²) in [6.07, 6.45) is 0.0466. The predicted octanol–water partition coefficient (Wildman–Crippen LogP) is 5.92. The van der Waals surface area contributed by atoms with Crippen molar-refractivity contribution in [3.8, 4) is 17.2 Å². The van der Waals surface area contributed by atoms with Gasteiger partial charge in [-0.15, -0.1) is 0 Å². The molecule has 2 aromatic carbocycles. The lowest BCUT2D eigenvalue weighted by atomic mass is 10.2. The van der Waals surface area contributed by atoms with Gasteiger partial charge in [-0.25, -0.2) is 0 Å². The van der Waals surface area contributed by atoms with Gasteiger partial charge in [0.25, 0.3) is 0 Å². The zero-order chi connectivity index (χ0) is 15.6. The Kier molecular flexibility index (Phi) is 5.25. The molecule has 6 heteroatoms. The number of anilines is 1. The van der Waals surface area contributed by atoms with Crippen molar-refractivity contribution < 1.29 is 9.47 Å². The van der Waals surface area contributed by atoms with Crippen LogP contribution >= 0.6 is 39.1 Å². The zero-order valence-corrected chi connectivity index (χ0v) is 14.6. The van der Waals surface area contributed by atoms with Gasteiger partial charge in [-0.05, 0) is 35.8 Å². The smallest absolute Gasteiger partial charge is 0.147 e. The molecule has 2 rings (SSSR count). The van der Waals surface area contributed by atoms with Gasteiger partial charge in [-0.3, -0.25) is 0 Å². The second-order valence-corrected chi connectivity index (χ2v) is 6.37. The minimum Gasteiger partial charge on any atom is -0.491 e. The van der Waals surface area contributed by atoms with Crippen LogP contribution in [0.4, 0.5) is 5.69 Å². The van der Waals surface area contributed by atoms with E-state index in [1.165, 1.54) is 0 Å². The summed E-state index contributed by atoms with van der Waals surface area (Å²) < 4.78 is 12.1. The first kappa shape index (κ1) is 16.3. The Morgan fingerprint density at radius 2 is 1.67 bits per heavy atom. The third-order valence-electron chi connectivity index (χ3n) is 2.48. The number of rotatable bonds is 4. The Morgan fingerprint density at radius 3 is 2.33 bits per heavy atom. The van der Waals surface area contributed by atoms with Gasteiger partial charge in [0.05, 0.1) is 16.1 Å². The molecule has 2 aromatic rings. The summed E-state index contributed by atoms with van der Waals surface area (Å²) in [5.74, 6) is 1.62. The van der Waals surface area contributed by atoms with Crippen LogP contribution in [0.1, 0.15) is 13.8 Å². The van der Waals surface area contributed by atoms with Crippen molar-refractivity contribution in [2.75, 3.05) is 5.73 Å². The predicted molar refractivity (Wildman–Crippen MR) is 90.9 cm³/mol. The molecule has 0 aliphatic carbocycles. The van der Waals surface area contributed by atoms with Crippen LogP contribution in [0.5, 0.6) is 17.2 Å². The molecule has 112 valence electrons. The molecular formula is C15H14BrCl2NO2. The molecule has 0 aliphatic rings. The molecule has 0 radical (unpaired) electrons. The van der Waals surface area contributed by atoms with Gasteiger partial charge in [0.1, 0.15) is 17.2 Å². The third-order valence-corrected chi connectivity index (χ3v) is 3.97. The fourth-order valence-electron chi connectivity index (χ4n) is 1.70. The van der Waals surface area contributed by atoms with Gasteiger partial charge in [0, 0.05) is 34.4 Å². The van der Waals surface area contributed by atoms with Crippen molar-refractivity contribution in [3.05, 3.63) is 44.8 Å². The largest absolute Gasteiger partial charge is 0.491 e. The first-order valence-electron chi connectivity index (χ1n) is 6.25. The maximum absolute atomic E-state index is 6.14. The van der Waals surface area contributed by atoms with Gasteiger partial charge in [0.2, 0.25) is 0 Å². The summed E-state index contributed by atoms with van der Waals surface area (Å²) in [4.78, 5) is 0. The Labute approximate surface area is 142 Å². The minimum atomic E-state index is 0.0466. The monoisotopic (exact) mass is 389 g/mol. The van der Waals surface area contributed by atoms with E-state index in [-0.39, 0.29) is 6.10 Å². The lowest BCUT2D eigenvalue weighted by Gasteiger charge is -2.13. The molecular weight excluding hydrogens is 377 g/mol. The van der Waals surface area contributed by atoms with Crippen LogP contribution < -0.4 is 15.2 Å². The van der Waals surface area contributed by atoms with Crippen LogP contribution in [0.15, 0.2) is 34.8 Å². The van der Waals surface area contributed by atoms with E-state index < -0.39 is 0 Å². The first-order chi connectivity index (χ1) is 9.85. The lowest BCUT2D eigenvalue weighted by molar-refractivity contribution is 0.242. The minimum absolute atomic E-state index is 0.0466. The average molecular weight is 391 g/mol. The number of ether oxygens (including phenoxy) is 2. The van der Waals surface area contributed by atoms with Crippen LogP contribution in [0, 0.1) is 0 Å². The number of nitrogen functional groups attached to an aromatic ring is 1. The second-order valence-electron chi connectivity index (χ2n) is 4.70. The number of hydrogen-bond donors (Lipinski definition) is 1. The molecule has 2 N–H and O–H groups in total. The average Bonchev–Trinajstić information content (AvgIpc) is 2.34. The van der Waals surface area contributed by atoms with E-state index in [2.05, 4.69) is 15.9 Å². The van der Waals surface area contributed by atoms with Gasteiger partial charge < -0.3 is 15.2 Å². The molecule has 3 nitrogen and oxygen atoms in total. The second kappa shape index (κ2) is 6.77. The first-order valence-corrected chi connectivity index (χ1v) is 7.79. The van der Waals surface area contributed by atoms with Crippen LogP contribution in [0.25, 0.3) is 0 Å². The highest BCUT2D eigenvalue weighted by atomic mass is 79.9. The number of hydrogen-bond acceptors (Lipinski definition) is 3. The molecule has 0 spiro atoms. The maximum Gasteiger partial charge on any atom is 0.147 e. The molecule has 0 aliphatic heterocycles. The molecule has 0 heterocycles. The highest BCUT2D eigenvalue weighted by Crippen LogP contribution is 2.37. The maximum atomic E-state index is 6.14. The Hall–Kier alpha value is -1.10. The molecule has 0 amide bonds. The van der Waals surface area contributed by atoms with Crippen molar-refractivity contribution in [1.29, 1.82) is 0 Å². The van der Waals surface area contributed by atoms with Crippen molar-refractivity contribution in [1.82, 2.24) is 0 Å². The Bertz CT molecular complexity index is 662. The van der Waals surface area contributed by atoms with Crippen molar-refractivity contribution in [2.24, 2.45) is 0 Å². The van der Waals surface area contributed by atoms with E-state index in [1.807, 2.05) is 13.8 Å². The SMILES string of the molecule is CC(C)Oc1cc(N)cc(Oc2cc(Cl)c(Br)cc2Cl)c1. The van der Waals surface area contributed by atoms with E-state index in [0.29, 0.717) is 37.5 Å². The standard InChI is InChI=1S/C15H14BrCl2NO2/c1-8(2)20-10-3-9(19)4-11(5-10)21-15-7-13(17)12(16)6-14(15)18/h3-8H,19H2,1-2H3. The van der Waals surface area contributed by atoms with Gasteiger partial charge >= 0.3 is 0 Å². The molecule has 0 saturated heterocycles. The number of nitrogens with two attached hydrogens (primary N) is 1. The molecule has 0 bridgehead atoms. The number of benzene rings is 2. The van der Waals surface area contributed by atoms with Crippen molar-refractivity contribution in [2.45, 2.75) is 20.0 Å². The molecule has 0 atom stereocenters. The quantitative estimate of drug-likeness (QED) is 0.520. The highest BCUT2D eigenvalue weighted by Gasteiger charge is 2.10. The van der Waals surface area contributed by atoms with Gasteiger partial charge in [-0.1, -0.05) is 23.2 Å². The molecule has 0 aromatic heterocycles. The van der Waals surface area contributed by atoms with E-state index in [9.17, 15) is 0 Å². The molecule has 0 unspecified atom stereocenters. The van der Waals surface area contributed by atoms with Crippen molar-refractivity contribution in [3.63, 3.8) is 0 Å². The van der Waals surface area contributed by atoms with Gasteiger partial charge in [0.15, 0.2) is 0 Å². The van der Waals surface area contributed by atoms with Crippen molar-refractivity contribution >= 4 is 44.8 Å². The summed E-state index contributed by atoms with van der Waals surface area (Å²) in [5.41, 5.74) is 6.40. The topological polar surface area (TPSA) is 44.5 Å². The van der Waals surface area contributed by atoms with E-state index in [4.69, 9.17) is 38.4 Å². The van der Waals surface area contributed by atoms with E-state index >= 15 is 0 Å². The van der Waals surface area contributed by atoms with Crippen LogP contribution in [0.3, 0.4) is 0 Å². The van der Waals surface area contributed by atoms with E-state index in [1.54, 1.807) is 30.3 Å². The molecule has 0 fully saturated rings. The third kappa shape index (κ3) is 4.43. The summed E-state index contributed by atoms with van der Waals surface area (Å²) in [5, 5.41) is 0.956. The normalized spacial score (nSPS) is 10.8. The Balaban J connectivity index is 2.31. The van der Waals surface area contributed by atoms with Crippen LogP contribution in [0.2, 0.25) is 10.0 Å². The zero-order valence-electron chi connectivity index (χ0n) is 11.5. The highest BCUT2D eigenvalue weighted by molar-refractivity contribution is 9.10. The summed E-state index contributed by atoms with van der Waals surface area (Å²) >= 11 is 15.5. The van der Waals surface area contributed by atoms with E-state index in [0.717, 1.165) is 0 Å². The summed E-state index contributed by atoms with van der Waals surface area (Å²) in [7, 11) is 0. The van der Waals surface area contributed by atoms with Crippen LogP contribution in [-0.4, -0.2) is 6.10 Å². The molecule has 0 saturated carbocycles. The summed E-state index contributed by atoms with van der Waals surface area (Å²) in [6, 6.07) is 8.50. The lowest BCUT2D eigenvalue weighted by Crippen LogP contribution is -2.05.